The molecule has 2 aromatic rings. The maximum Gasteiger partial charge on any atom is 0.269 e. The third kappa shape index (κ3) is 3.21. The van der Waals surface area contributed by atoms with E-state index in [0.717, 1.165) is 16.7 Å². The average molecular weight is 266 g/mol. The standard InChI is InChI=1S/C16H14N2O2/c1-12-2-6-14(7-3-12)15(11-17)10-13-4-8-16(9-5-13)18(19)20/h2-9,15H,10H2,1H3. The normalized spacial score (nSPS) is 11.6. The van der Waals surface area contributed by atoms with Gasteiger partial charge in [-0.3, -0.25) is 10.1 Å². The van der Waals surface area contributed by atoms with Crippen LogP contribution in [-0.2, 0) is 6.42 Å². The first-order valence-electron chi connectivity index (χ1n) is 6.29. The molecule has 0 saturated carbocycles. The zero-order valence-corrected chi connectivity index (χ0v) is 11.1. The molecule has 0 aliphatic rings. The summed E-state index contributed by atoms with van der Waals surface area (Å²) in [7, 11) is 0. The van der Waals surface area contributed by atoms with Crippen LogP contribution in [0.5, 0.6) is 0 Å². The molecule has 4 heteroatoms. The molecule has 0 aromatic heterocycles. The van der Waals surface area contributed by atoms with Crippen LogP contribution in [0.1, 0.15) is 22.6 Å². The molecule has 0 bridgehead atoms. The first-order chi connectivity index (χ1) is 9.60. The Morgan fingerprint density at radius 3 is 2.25 bits per heavy atom. The Morgan fingerprint density at radius 1 is 1.15 bits per heavy atom. The topological polar surface area (TPSA) is 66.9 Å². The number of benzene rings is 2. The Labute approximate surface area is 117 Å². The molecule has 0 N–H and O–H groups in total. The maximum atomic E-state index is 10.6. The Balaban J connectivity index is 2.16. The van der Waals surface area contributed by atoms with Crippen LogP contribution < -0.4 is 0 Å². The summed E-state index contributed by atoms with van der Waals surface area (Å²) >= 11 is 0. The Morgan fingerprint density at radius 2 is 1.75 bits per heavy atom. The molecule has 100 valence electrons. The number of aryl methyl sites for hydroxylation is 1. The molecule has 0 aliphatic heterocycles. The minimum atomic E-state index is -0.425. The third-order valence-corrected chi connectivity index (χ3v) is 3.22. The highest BCUT2D eigenvalue weighted by Crippen LogP contribution is 2.22. The van der Waals surface area contributed by atoms with Gasteiger partial charge in [-0.25, -0.2) is 0 Å². The number of nitro groups is 1. The minimum absolute atomic E-state index is 0.0672. The van der Waals surface area contributed by atoms with Crippen LogP contribution in [-0.4, -0.2) is 4.92 Å². The maximum absolute atomic E-state index is 10.6. The summed E-state index contributed by atoms with van der Waals surface area (Å²) in [6.45, 7) is 2.00. The molecule has 0 heterocycles. The zero-order chi connectivity index (χ0) is 14.5. The molecular weight excluding hydrogens is 252 g/mol. The van der Waals surface area contributed by atoms with Crippen molar-refractivity contribution in [1.29, 1.82) is 5.26 Å². The first-order valence-corrected chi connectivity index (χ1v) is 6.29. The Kier molecular flexibility index (Phi) is 4.11. The predicted molar refractivity (Wildman–Crippen MR) is 76.3 cm³/mol. The van der Waals surface area contributed by atoms with Gasteiger partial charge in [-0.1, -0.05) is 42.0 Å². The van der Waals surface area contributed by atoms with Crippen molar-refractivity contribution in [2.75, 3.05) is 0 Å². The lowest BCUT2D eigenvalue weighted by Crippen LogP contribution is -2.00. The molecule has 0 amide bonds. The highest BCUT2D eigenvalue weighted by atomic mass is 16.6. The molecule has 1 atom stereocenters. The van der Waals surface area contributed by atoms with Crippen LogP contribution in [0.3, 0.4) is 0 Å². The van der Waals surface area contributed by atoms with E-state index < -0.39 is 4.92 Å². The third-order valence-electron chi connectivity index (χ3n) is 3.22. The molecule has 0 aliphatic carbocycles. The van der Waals surface area contributed by atoms with Crippen molar-refractivity contribution in [3.63, 3.8) is 0 Å². The Bertz CT molecular complexity index is 640. The quantitative estimate of drug-likeness (QED) is 0.625. The first kappa shape index (κ1) is 13.8. The van der Waals surface area contributed by atoms with E-state index in [9.17, 15) is 15.4 Å². The number of hydrogen-bond donors (Lipinski definition) is 0. The van der Waals surface area contributed by atoms with Crippen LogP contribution in [0.2, 0.25) is 0 Å². The van der Waals surface area contributed by atoms with E-state index in [-0.39, 0.29) is 11.6 Å². The molecule has 2 aromatic carbocycles. The van der Waals surface area contributed by atoms with E-state index in [0.29, 0.717) is 6.42 Å². The fourth-order valence-corrected chi connectivity index (χ4v) is 2.03. The van der Waals surface area contributed by atoms with Gasteiger partial charge in [0.1, 0.15) is 0 Å². The molecule has 4 nitrogen and oxygen atoms in total. The van der Waals surface area contributed by atoms with Crippen LogP contribution >= 0.6 is 0 Å². The van der Waals surface area contributed by atoms with Crippen LogP contribution in [0.15, 0.2) is 48.5 Å². The summed E-state index contributed by atoms with van der Waals surface area (Å²) in [5.41, 5.74) is 3.11. The molecule has 1 unspecified atom stereocenters. The number of nitrogens with zero attached hydrogens (tertiary/aromatic N) is 2. The molecule has 0 spiro atoms. The summed E-state index contributed by atoms with van der Waals surface area (Å²) in [6, 6.07) is 16.5. The van der Waals surface area contributed by atoms with Gasteiger partial charge in [0, 0.05) is 12.1 Å². The summed E-state index contributed by atoms with van der Waals surface area (Å²) in [5.74, 6) is -0.239. The van der Waals surface area contributed by atoms with E-state index in [1.807, 2.05) is 31.2 Å². The van der Waals surface area contributed by atoms with Crippen LogP contribution in [0.4, 0.5) is 5.69 Å². The van der Waals surface area contributed by atoms with Gasteiger partial charge >= 0.3 is 0 Å². The number of nitro benzene ring substituents is 1. The summed E-state index contributed by atoms with van der Waals surface area (Å²) in [6.07, 6.45) is 0.553. The fourth-order valence-electron chi connectivity index (χ4n) is 2.03. The molecule has 2 rings (SSSR count). The summed E-state index contributed by atoms with van der Waals surface area (Å²) in [5, 5.41) is 19.9. The van der Waals surface area contributed by atoms with Crippen molar-refractivity contribution >= 4 is 5.69 Å². The second-order valence-electron chi connectivity index (χ2n) is 4.72. The molecule has 0 saturated heterocycles. The number of non-ortho nitro benzene ring substituents is 1. The van der Waals surface area contributed by atoms with E-state index in [1.54, 1.807) is 12.1 Å². The van der Waals surface area contributed by atoms with Gasteiger partial charge in [0.2, 0.25) is 0 Å². The molecular formula is C16H14N2O2. The average Bonchev–Trinajstić information content (AvgIpc) is 2.46. The molecule has 0 radical (unpaired) electrons. The van der Waals surface area contributed by atoms with Crippen molar-refractivity contribution in [3.8, 4) is 6.07 Å². The summed E-state index contributed by atoms with van der Waals surface area (Å²) in [4.78, 5) is 10.2. The van der Waals surface area contributed by atoms with Crippen molar-refractivity contribution in [2.45, 2.75) is 19.3 Å². The highest BCUT2D eigenvalue weighted by molar-refractivity contribution is 5.35. The van der Waals surface area contributed by atoms with E-state index in [1.165, 1.54) is 12.1 Å². The lowest BCUT2D eigenvalue weighted by atomic mass is 9.93. The number of rotatable bonds is 4. The van der Waals surface area contributed by atoms with Gasteiger partial charge in [0.05, 0.1) is 16.9 Å². The van der Waals surface area contributed by atoms with E-state index >= 15 is 0 Å². The highest BCUT2D eigenvalue weighted by Gasteiger charge is 2.12. The number of nitriles is 1. The SMILES string of the molecule is Cc1ccc(C(C#N)Cc2ccc([N+](=O)[O-])cc2)cc1. The van der Waals surface area contributed by atoms with Crippen molar-refractivity contribution in [2.24, 2.45) is 0 Å². The fraction of sp³-hybridized carbons (Fsp3) is 0.188. The Hall–Kier alpha value is -2.67. The van der Waals surface area contributed by atoms with Gasteiger partial charge in [0.25, 0.3) is 5.69 Å². The van der Waals surface area contributed by atoms with Crippen molar-refractivity contribution in [1.82, 2.24) is 0 Å². The molecule has 0 fully saturated rings. The second-order valence-corrected chi connectivity index (χ2v) is 4.72. The summed E-state index contributed by atoms with van der Waals surface area (Å²) < 4.78 is 0. The van der Waals surface area contributed by atoms with Gasteiger partial charge in [-0.15, -0.1) is 0 Å². The van der Waals surface area contributed by atoms with Crippen molar-refractivity contribution < 1.29 is 4.92 Å². The van der Waals surface area contributed by atoms with Crippen molar-refractivity contribution in [3.05, 3.63) is 75.3 Å². The van der Waals surface area contributed by atoms with Crippen LogP contribution in [0, 0.1) is 28.4 Å². The number of hydrogen-bond acceptors (Lipinski definition) is 3. The minimum Gasteiger partial charge on any atom is -0.258 e. The van der Waals surface area contributed by atoms with E-state index in [2.05, 4.69) is 6.07 Å². The smallest absolute Gasteiger partial charge is 0.258 e. The van der Waals surface area contributed by atoms with E-state index in [4.69, 9.17) is 0 Å². The predicted octanol–water partition coefficient (Wildman–Crippen LogP) is 3.75. The molecule has 20 heavy (non-hydrogen) atoms. The second kappa shape index (κ2) is 5.98. The largest absolute Gasteiger partial charge is 0.269 e. The van der Waals surface area contributed by atoms with Gasteiger partial charge in [-0.05, 0) is 24.5 Å². The lowest BCUT2D eigenvalue weighted by Gasteiger charge is -2.09. The zero-order valence-electron chi connectivity index (χ0n) is 11.1. The monoisotopic (exact) mass is 266 g/mol. The lowest BCUT2D eigenvalue weighted by molar-refractivity contribution is -0.384. The van der Waals surface area contributed by atoms with Gasteiger partial charge < -0.3 is 0 Å². The van der Waals surface area contributed by atoms with Crippen LogP contribution in [0.25, 0.3) is 0 Å². The van der Waals surface area contributed by atoms with Gasteiger partial charge in [0.15, 0.2) is 0 Å². The van der Waals surface area contributed by atoms with Gasteiger partial charge in [-0.2, -0.15) is 5.26 Å².